The number of ether oxygens (including phenoxy) is 2. The van der Waals surface area contributed by atoms with Crippen LogP contribution in [0.5, 0.6) is 11.5 Å². The zero-order valence-corrected chi connectivity index (χ0v) is 14.9. The predicted molar refractivity (Wildman–Crippen MR) is 99.3 cm³/mol. The van der Waals surface area contributed by atoms with E-state index in [1.54, 1.807) is 36.5 Å². The highest BCUT2D eigenvalue weighted by molar-refractivity contribution is 7.80. The molecule has 0 spiro atoms. The summed E-state index contributed by atoms with van der Waals surface area (Å²) in [4.78, 5) is 12.5. The van der Waals surface area contributed by atoms with Gasteiger partial charge in [0.2, 0.25) is 0 Å². The number of nitrogens with zero attached hydrogens (tertiary/aromatic N) is 1. The average molecular weight is 363 g/mol. The van der Waals surface area contributed by atoms with Gasteiger partial charge >= 0.3 is 5.97 Å². The summed E-state index contributed by atoms with van der Waals surface area (Å²) < 4.78 is 10.6. The molecule has 2 rings (SSSR count). The molecule has 2 N–H and O–H groups in total. The van der Waals surface area contributed by atoms with Crippen molar-refractivity contribution in [2.45, 2.75) is 6.92 Å². The van der Waals surface area contributed by atoms with Crippen molar-refractivity contribution in [2.75, 3.05) is 13.7 Å². The highest BCUT2D eigenvalue weighted by Crippen LogP contribution is 2.28. The maximum absolute atomic E-state index is 12.0. The third kappa shape index (κ3) is 5.04. The minimum Gasteiger partial charge on any atom is -0.493 e. The van der Waals surface area contributed by atoms with Gasteiger partial charge in [0.05, 0.1) is 13.3 Å². The van der Waals surface area contributed by atoms with Gasteiger partial charge in [0.1, 0.15) is 4.88 Å². The van der Waals surface area contributed by atoms with E-state index in [-0.39, 0.29) is 0 Å². The van der Waals surface area contributed by atoms with Crippen LogP contribution in [0, 0.1) is 0 Å². The summed E-state index contributed by atoms with van der Waals surface area (Å²) in [6.45, 7) is 2.66. The van der Waals surface area contributed by atoms with Crippen molar-refractivity contribution < 1.29 is 14.3 Å². The molecule has 0 radical (unpaired) electrons. The Morgan fingerprint density at radius 2 is 2.21 bits per heavy atom. The Kier molecular flexibility index (Phi) is 6.71. The second kappa shape index (κ2) is 8.99. The monoisotopic (exact) mass is 363 g/mol. The van der Waals surface area contributed by atoms with Gasteiger partial charge in [-0.25, -0.2) is 4.79 Å². The molecule has 24 heavy (non-hydrogen) atoms. The van der Waals surface area contributed by atoms with Crippen LogP contribution in [0.25, 0.3) is 0 Å². The van der Waals surface area contributed by atoms with Gasteiger partial charge in [0.25, 0.3) is 0 Å². The summed E-state index contributed by atoms with van der Waals surface area (Å²) in [5, 5.41) is 9.21. The molecule has 1 aromatic carbocycles. The summed E-state index contributed by atoms with van der Waals surface area (Å²) in [5.74, 6) is 0.379. The molecule has 0 aliphatic rings. The molecule has 1 aromatic heterocycles. The van der Waals surface area contributed by atoms with E-state index < -0.39 is 5.97 Å². The fraction of sp³-hybridized carbons (Fsp3) is 0.188. The van der Waals surface area contributed by atoms with Gasteiger partial charge in [-0.15, -0.1) is 11.3 Å². The van der Waals surface area contributed by atoms with Crippen LogP contribution in [0.4, 0.5) is 0 Å². The van der Waals surface area contributed by atoms with Gasteiger partial charge in [0, 0.05) is 6.54 Å². The minimum absolute atomic E-state index is 0.351. The van der Waals surface area contributed by atoms with Crippen LogP contribution in [0.2, 0.25) is 0 Å². The first kappa shape index (κ1) is 17.9. The van der Waals surface area contributed by atoms with Crippen molar-refractivity contribution in [1.29, 1.82) is 0 Å². The van der Waals surface area contributed by atoms with Crippen LogP contribution in [0.1, 0.15) is 22.2 Å². The Bertz CT molecular complexity index is 730. The van der Waals surface area contributed by atoms with E-state index in [0.717, 1.165) is 12.1 Å². The molecule has 0 fully saturated rings. The largest absolute Gasteiger partial charge is 0.493 e. The number of esters is 1. The normalized spacial score (nSPS) is 10.4. The molecule has 0 aliphatic heterocycles. The van der Waals surface area contributed by atoms with E-state index in [9.17, 15) is 4.79 Å². The lowest BCUT2D eigenvalue weighted by Gasteiger charge is -2.09. The number of benzene rings is 1. The number of rotatable bonds is 6. The standard InChI is InChI=1S/C16H17N3O3S2/c1-3-17-16(23)19-18-10-11-6-7-12(13(9-11)21-2)22-15(20)14-5-4-8-24-14/h4-10H,3H2,1-2H3,(H2,17,19,23)/b18-10+. The van der Waals surface area contributed by atoms with Gasteiger partial charge in [-0.2, -0.15) is 5.10 Å². The fourth-order valence-corrected chi connectivity index (χ4v) is 2.56. The molecular formula is C16H17N3O3S2. The molecule has 1 heterocycles. The van der Waals surface area contributed by atoms with E-state index in [1.807, 2.05) is 12.3 Å². The number of carbonyl (C=O) groups excluding carboxylic acids is 1. The molecule has 0 amide bonds. The lowest BCUT2D eigenvalue weighted by molar-refractivity contribution is 0.0735. The van der Waals surface area contributed by atoms with E-state index in [4.69, 9.17) is 21.7 Å². The number of thiocarbonyl (C=S) groups is 1. The summed E-state index contributed by atoms with van der Waals surface area (Å²) in [5.41, 5.74) is 3.47. The molecule has 8 heteroatoms. The second-order valence-electron chi connectivity index (χ2n) is 4.51. The van der Waals surface area contributed by atoms with Crippen LogP contribution in [0.15, 0.2) is 40.8 Å². The molecule has 0 saturated carbocycles. The third-order valence-corrected chi connectivity index (χ3v) is 3.92. The summed E-state index contributed by atoms with van der Waals surface area (Å²) in [6, 6.07) is 8.65. The number of hydrogen-bond donors (Lipinski definition) is 2. The second-order valence-corrected chi connectivity index (χ2v) is 5.86. The maximum Gasteiger partial charge on any atom is 0.353 e. The topological polar surface area (TPSA) is 72.0 Å². The zero-order chi connectivity index (χ0) is 17.4. The lowest BCUT2D eigenvalue weighted by atomic mass is 10.2. The van der Waals surface area contributed by atoms with Crippen LogP contribution >= 0.6 is 23.6 Å². The van der Waals surface area contributed by atoms with Gasteiger partial charge in [-0.3, -0.25) is 5.43 Å². The Hall–Kier alpha value is -2.45. The highest BCUT2D eigenvalue weighted by Gasteiger charge is 2.13. The molecule has 0 aliphatic carbocycles. The molecule has 0 unspecified atom stereocenters. The van der Waals surface area contributed by atoms with Gasteiger partial charge < -0.3 is 14.8 Å². The zero-order valence-electron chi connectivity index (χ0n) is 13.2. The minimum atomic E-state index is -0.414. The number of nitrogens with one attached hydrogen (secondary N) is 2. The van der Waals surface area contributed by atoms with Gasteiger partial charge in [-0.05, 0) is 54.4 Å². The molecule has 0 atom stereocenters. The third-order valence-electron chi connectivity index (χ3n) is 2.83. The van der Waals surface area contributed by atoms with Crippen LogP contribution in [-0.4, -0.2) is 31.0 Å². The van der Waals surface area contributed by atoms with Crippen molar-refractivity contribution in [3.8, 4) is 11.5 Å². The van der Waals surface area contributed by atoms with Crippen molar-refractivity contribution in [3.63, 3.8) is 0 Å². The van der Waals surface area contributed by atoms with Crippen molar-refractivity contribution in [1.82, 2.24) is 10.7 Å². The summed E-state index contributed by atoms with van der Waals surface area (Å²) in [6.07, 6.45) is 1.59. The first-order chi connectivity index (χ1) is 11.6. The van der Waals surface area contributed by atoms with Crippen LogP contribution in [0.3, 0.4) is 0 Å². The van der Waals surface area contributed by atoms with Crippen molar-refractivity contribution in [3.05, 3.63) is 46.2 Å². The van der Waals surface area contributed by atoms with Crippen molar-refractivity contribution in [2.24, 2.45) is 5.10 Å². The van der Waals surface area contributed by atoms with Crippen LogP contribution < -0.4 is 20.2 Å². The summed E-state index contributed by atoms with van der Waals surface area (Å²) >= 11 is 6.33. The molecule has 126 valence electrons. The Balaban J connectivity index is 2.05. The Morgan fingerprint density at radius 3 is 2.88 bits per heavy atom. The number of thiophene rings is 1. The smallest absolute Gasteiger partial charge is 0.353 e. The molecule has 0 bridgehead atoms. The van der Waals surface area contributed by atoms with Crippen LogP contribution in [-0.2, 0) is 0 Å². The number of methoxy groups -OCH3 is 1. The predicted octanol–water partition coefficient (Wildman–Crippen LogP) is 2.79. The van der Waals surface area contributed by atoms with Crippen molar-refractivity contribution >= 4 is 40.9 Å². The molecular weight excluding hydrogens is 346 g/mol. The molecule has 6 nitrogen and oxygen atoms in total. The SMILES string of the molecule is CCNC(=S)N/N=C/c1ccc(OC(=O)c2cccs2)c(OC)c1. The highest BCUT2D eigenvalue weighted by atomic mass is 32.1. The first-order valence-corrected chi connectivity index (χ1v) is 8.43. The number of hydrogen-bond acceptors (Lipinski definition) is 6. The fourth-order valence-electron chi connectivity index (χ4n) is 1.76. The first-order valence-electron chi connectivity index (χ1n) is 7.14. The Morgan fingerprint density at radius 1 is 1.38 bits per heavy atom. The Labute approximate surface area is 149 Å². The number of hydrazone groups is 1. The maximum atomic E-state index is 12.0. The lowest BCUT2D eigenvalue weighted by Crippen LogP contribution is -2.31. The molecule has 2 aromatic rings. The van der Waals surface area contributed by atoms with Gasteiger partial charge in [0.15, 0.2) is 16.6 Å². The summed E-state index contributed by atoms with van der Waals surface area (Å²) in [7, 11) is 1.51. The van der Waals surface area contributed by atoms with E-state index >= 15 is 0 Å². The number of carbonyl (C=O) groups is 1. The molecule has 0 saturated heterocycles. The van der Waals surface area contributed by atoms with E-state index in [2.05, 4.69) is 15.8 Å². The van der Waals surface area contributed by atoms with Gasteiger partial charge in [-0.1, -0.05) is 6.07 Å². The quantitative estimate of drug-likeness (QED) is 0.270. The average Bonchev–Trinajstić information content (AvgIpc) is 3.11. The van der Waals surface area contributed by atoms with E-state index in [0.29, 0.717) is 21.5 Å². The van der Waals surface area contributed by atoms with E-state index in [1.165, 1.54) is 18.4 Å².